The van der Waals surface area contributed by atoms with E-state index in [1.807, 2.05) is 18.4 Å². The molecule has 1 saturated carbocycles. The quantitative estimate of drug-likeness (QED) is 0.841. The Bertz CT molecular complexity index is 828. The summed E-state index contributed by atoms with van der Waals surface area (Å²) in [4.78, 5) is 13.8. The summed E-state index contributed by atoms with van der Waals surface area (Å²) in [6, 6.07) is 8.53. The van der Waals surface area contributed by atoms with Gasteiger partial charge < -0.3 is 5.32 Å². The number of carbonyl (C=O) groups is 1. The maximum Gasteiger partial charge on any atom is 0.415 e. The fourth-order valence-corrected chi connectivity index (χ4v) is 5.06. The van der Waals surface area contributed by atoms with Crippen LogP contribution in [0.5, 0.6) is 0 Å². The minimum Gasteiger partial charge on any atom is -0.338 e. The van der Waals surface area contributed by atoms with Crippen molar-refractivity contribution in [2.75, 3.05) is 0 Å². The highest BCUT2D eigenvalue weighted by Crippen LogP contribution is 2.53. The van der Waals surface area contributed by atoms with Crippen molar-refractivity contribution in [2.24, 2.45) is 5.92 Å². The van der Waals surface area contributed by atoms with Crippen LogP contribution in [-0.4, -0.2) is 12.1 Å². The molecule has 0 radical (unpaired) electrons. The lowest BCUT2D eigenvalue weighted by molar-refractivity contribution is -0.202. The molecule has 6 heteroatoms. The Morgan fingerprint density at radius 2 is 2.04 bits per heavy atom. The van der Waals surface area contributed by atoms with Gasteiger partial charge in [0.15, 0.2) is 5.54 Å². The van der Waals surface area contributed by atoms with Crippen LogP contribution in [-0.2, 0) is 16.8 Å². The summed E-state index contributed by atoms with van der Waals surface area (Å²) in [5.41, 5.74) is -0.276. The first-order valence-electron chi connectivity index (χ1n) is 8.34. The predicted molar refractivity (Wildman–Crippen MR) is 90.5 cm³/mol. The lowest BCUT2D eigenvalue weighted by Crippen LogP contribution is -2.55. The first-order valence-corrected chi connectivity index (χ1v) is 9.22. The van der Waals surface area contributed by atoms with E-state index in [-0.39, 0.29) is 23.8 Å². The van der Waals surface area contributed by atoms with Gasteiger partial charge in [0, 0.05) is 16.7 Å². The summed E-state index contributed by atoms with van der Waals surface area (Å²) in [5.74, 6) is -0.780. The van der Waals surface area contributed by atoms with Crippen molar-refractivity contribution in [3.05, 3.63) is 57.3 Å². The van der Waals surface area contributed by atoms with Crippen LogP contribution >= 0.6 is 11.3 Å². The maximum absolute atomic E-state index is 14.0. The fraction of sp³-hybridized carbons (Fsp3) is 0.421. The van der Waals surface area contributed by atoms with E-state index in [1.165, 1.54) is 6.07 Å². The molecule has 1 N–H and O–H groups in total. The molecule has 1 aromatic heterocycles. The second-order valence-electron chi connectivity index (χ2n) is 6.97. The molecule has 3 atom stereocenters. The molecule has 132 valence electrons. The smallest absolute Gasteiger partial charge is 0.338 e. The molecule has 1 fully saturated rings. The van der Waals surface area contributed by atoms with Gasteiger partial charge in [-0.15, -0.1) is 11.3 Å². The highest BCUT2D eigenvalue weighted by molar-refractivity contribution is 7.10. The molecule has 4 rings (SSSR count). The van der Waals surface area contributed by atoms with E-state index in [1.54, 1.807) is 29.5 Å². The van der Waals surface area contributed by atoms with E-state index in [9.17, 15) is 18.0 Å². The lowest BCUT2D eigenvalue weighted by atomic mass is 9.90. The maximum atomic E-state index is 14.0. The molecule has 1 heterocycles. The average Bonchev–Trinajstić information content (AvgIpc) is 3.10. The summed E-state index contributed by atoms with van der Waals surface area (Å²) in [5, 5.41) is 4.36. The second kappa shape index (κ2) is 5.59. The van der Waals surface area contributed by atoms with Crippen molar-refractivity contribution in [3.63, 3.8) is 0 Å². The van der Waals surface area contributed by atoms with Crippen LogP contribution in [0.4, 0.5) is 13.2 Å². The molecule has 0 unspecified atom stereocenters. The Hall–Kier alpha value is -1.82. The van der Waals surface area contributed by atoms with E-state index >= 15 is 0 Å². The van der Waals surface area contributed by atoms with Crippen molar-refractivity contribution in [3.8, 4) is 0 Å². The largest absolute Gasteiger partial charge is 0.415 e. The number of aryl methyl sites for hydroxylation is 2. The number of amides is 1. The van der Waals surface area contributed by atoms with E-state index < -0.39 is 17.6 Å². The molecule has 0 aliphatic heterocycles. The summed E-state index contributed by atoms with van der Waals surface area (Å²) in [7, 11) is 0. The van der Waals surface area contributed by atoms with Crippen LogP contribution in [0, 0.1) is 12.8 Å². The number of halogens is 3. The number of carbonyl (C=O) groups excluding carboxylic acids is 1. The molecule has 1 amide bonds. The van der Waals surface area contributed by atoms with Gasteiger partial charge in [-0.05, 0) is 54.3 Å². The van der Waals surface area contributed by atoms with Crippen LogP contribution in [0.1, 0.15) is 40.3 Å². The Morgan fingerprint density at radius 1 is 1.28 bits per heavy atom. The standard InChI is InChI=1S/C19H18F3NOS/c1-11-7-9-25-16(11)13-10-14(13)17(24)23-18(19(20,21)22)8-6-12-4-2-3-5-15(12)18/h2-5,7,9,13-14H,6,8,10H2,1H3,(H,23,24)/t13-,14+,18-/m1/s1. The first kappa shape index (κ1) is 16.6. The van der Waals surface area contributed by atoms with Crippen molar-refractivity contribution < 1.29 is 18.0 Å². The van der Waals surface area contributed by atoms with E-state index in [0.717, 1.165) is 10.4 Å². The highest BCUT2D eigenvalue weighted by atomic mass is 32.1. The SMILES string of the molecule is Cc1ccsc1[C@@H]1C[C@@H]1C(=O)N[C@]1(C(F)(F)F)CCc2ccccc21. The van der Waals surface area contributed by atoms with Gasteiger partial charge in [0.1, 0.15) is 0 Å². The predicted octanol–water partition coefficient (Wildman–Crippen LogP) is 4.68. The molecule has 2 aliphatic rings. The van der Waals surface area contributed by atoms with Gasteiger partial charge in [0.25, 0.3) is 0 Å². The lowest BCUT2D eigenvalue weighted by Gasteiger charge is -2.34. The Labute approximate surface area is 148 Å². The number of nitrogens with one attached hydrogen (secondary N) is 1. The molecule has 0 saturated heterocycles. The summed E-state index contributed by atoms with van der Waals surface area (Å²) >= 11 is 1.58. The number of benzene rings is 1. The molecule has 2 nitrogen and oxygen atoms in total. The second-order valence-corrected chi connectivity index (χ2v) is 7.91. The molecule has 0 bridgehead atoms. The number of thiophene rings is 1. The normalized spacial score (nSPS) is 27.8. The zero-order chi connectivity index (χ0) is 17.8. The average molecular weight is 365 g/mol. The Morgan fingerprint density at radius 3 is 2.72 bits per heavy atom. The molecular weight excluding hydrogens is 347 g/mol. The number of hydrogen-bond acceptors (Lipinski definition) is 2. The van der Waals surface area contributed by atoms with Gasteiger partial charge in [-0.25, -0.2) is 0 Å². The summed E-state index contributed by atoms with van der Waals surface area (Å²) in [6.07, 6.45) is -3.69. The van der Waals surface area contributed by atoms with Crippen LogP contribution in [0.2, 0.25) is 0 Å². The molecule has 1 aromatic carbocycles. The molecule has 25 heavy (non-hydrogen) atoms. The van der Waals surface area contributed by atoms with Gasteiger partial charge in [0.05, 0.1) is 0 Å². The third-order valence-electron chi connectivity index (χ3n) is 5.43. The van der Waals surface area contributed by atoms with Crippen LogP contribution in [0.3, 0.4) is 0 Å². The minimum absolute atomic E-state index is 0.0573. The number of alkyl halides is 3. The zero-order valence-electron chi connectivity index (χ0n) is 13.7. The van der Waals surface area contributed by atoms with Crippen LogP contribution < -0.4 is 5.32 Å². The summed E-state index contributed by atoms with van der Waals surface area (Å²) in [6.45, 7) is 1.98. The molecule has 0 spiro atoms. The Balaban J connectivity index is 1.60. The highest BCUT2D eigenvalue weighted by Gasteiger charge is 2.61. The van der Waals surface area contributed by atoms with Crippen molar-refractivity contribution in [1.29, 1.82) is 0 Å². The minimum atomic E-state index is -4.52. The van der Waals surface area contributed by atoms with Gasteiger partial charge in [0.2, 0.25) is 5.91 Å². The number of rotatable bonds is 3. The molecule has 2 aliphatic carbocycles. The van der Waals surface area contributed by atoms with Gasteiger partial charge in [-0.2, -0.15) is 13.2 Å². The fourth-order valence-electron chi connectivity index (χ4n) is 3.95. The van der Waals surface area contributed by atoms with Gasteiger partial charge in [-0.3, -0.25) is 4.79 Å². The number of hydrogen-bond donors (Lipinski definition) is 1. The van der Waals surface area contributed by atoms with E-state index in [0.29, 0.717) is 18.4 Å². The van der Waals surface area contributed by atoms with Crippen molar-refractivity contribution >= 4 is 17.2 Å². The van der Waals surface area contributed by atoms with Crippen molar-refractivity contribution in [1.82, 2.24) is 5.32 Å². The topological polar surface area (TPSA) is 29.1 Å². The molecular formula is C19H18F3NOS. The zero-order valence-corrected chi connectivity index (χ0v) is 14.5. The van der Waals surface area contributed by atoms with E-state index in [2.05, 4.69) is 5.32 Å². The van der Waals surface area contributed by atoms with Crippen LogP contribution in [0.25, 0.3) is 0 Å². The third-order valence-corrected chi connectivity index (χ3v) is 6.58. The van der Waals surface area contributed by atoms with Gasteiger partial charge in [-0.1, -0.05) is 24.3 Å². The number of fused-ring (bicyclic) bond motifs is 1. The first-order chi connectivity index (χ1) is 11.8. The third kappa shape index (κ3) is 2.58. The summed E-state index contributed by atoms with van der Waals surface area (Å²) < 4.78 is 41.9. The van der Waals surface area contributed by atoms with Gasteiger partial charge >= 0.3 is 6.18 Å². The van der Waals surface area contributed by atoms with Crippen LogP contribution in [0.15, 0.2) is 35.7 Å². The van der Waals surface area contributed by atoms with E-state index in [4.69, 9.17) is 0 Å². The molecule has 2 aromatic rings. The van der Waals surface area contributed by atoms with Crippen molar-refractivity contribution in [2.45, 2.75) is 43.8 Å². The monoisotopic (exact) mass is 365 g/mol. The Kier molecular flexibility index (Phi) is 3.72.